The molecule has 1 fully saturated rings. The summed E-state index contributed by atoms with van der Waals surface area (Å²) in [7, 11) is 0. The van der Waals surface area contributed by atoms with Gasteiger partial charge in [-0.15, -0.1) is 6.58 Å². The van der Waals surface area contributed by atoms with Gasteiger partial charge in [-0.3, -0.25) is 4.79 Å². The van der Waals surface area contributed by atoms with Crippen LogP contribution < -0.4 is 9.47 Å². The van der Waals surface area contributed by atoms with Crippen molar-refractivity contribution in [2.24, 2.45) is 22.9 Å². The molecule has 6 atom stereocenters. The zero-order chi connectivity index (χ0) is 48.5. The highest BCUT2D eigenvalue weighted by molar-refractivity contribution is 6.03. The molecule has 1 aliphatic heterocycles. The Morgan fingerprint density at radius 1 is 0.857 bits per heavy atom. The molecule has 0 saturated heterocycles. The van der Waals surface area contributed by atoms with Gasteiger partial charge in [0, 0.05) is 43.2 Å². The fourth-order valence-corrected chi connectivity index (χ4v) is 11.1. The molecular formula is C60H61N3O7. The van der Waals surface area contributed by atoms with E-state index in [1.807, 2.05) is 72.5 Å². The van der Waals surface area contributed by atoms with Crippen LogP contribution in [0, 0.1) is 29.1 Å². The first-order chi connectivity index (χ1) is 34.4. The minimum Gasteiger partial charge on any atom is -0.459 e. The molecule has 10 heteroatoms. The van der Waals surface area contributed by atoms with Gasteiger partial charge in [0.15, 0.2) is 0 Å². The maximum Gasteiger partial charge on any atom is 0.254 e. The molecule has 0 aromatic heterocycles. The summed E-state index contributed by atoms with van der Waals surface area (Å²) < 4.78 is 21.5. The number of fused-ring (bicyclic) bond motifs is 3. The average Bonchev–Trinajstić information content (AvgIpc) is 3.40. The molecule has 9 rings (SSSR count). The number of amides is 1. The molecule has 70 heavy (non-hydrogen) atoms. The van der Waals surface area contributed by atoms with Crippen LogP contribution in [0.25, 0.3) is 21.9 Å². The minimum absolute atomic E-state index is 0.0293. The second-order valence-corrected chi connectivity index (χ2v) is 18.4. The number of benzene rings is 6. The Hall–Kier alpha value is -7.03. The molecule has 2 aliphatic carbocycles. The zero-order valence-electron chi connectivity index (χ0n) is 39.8. The SMILES string of the molecule is C=CCOC12Oc3ccc(Oc4ccc(-c5ccccc5)cc4)cc3C3C(CCCCO)C(CCCCO)C=C(C(=NOCC)CC1N(Cc1cccc4ccccc14)C(=O)c1ccc(C#N)cc1)C32. The molecule has 0 spiro atoms. The van der Waals surface area contributed by atoms with Gasteiger partial charge in [-0.25, -0.2) is 0 Å². The summed E-state index contributed by atoms with van der Waals surface area (Å²) in [6, 6.07) is 46.9. The maximum absolute atomic E-state index is 15.6. The molecular weight excluding hydrogens is 875 g/mol. The number of ether oxygens (including phenoxy) is 3. The van der Waals surface area contributed by atoms with Gasteiger partial charge >= 0.3 is 0 Å². The predicted molar refractivity (Wildman–Crippen MR) is 274 cm³/mol. The number of nitrogens with zero attached hydrogens (tertiary/aromatic N) is 3. The fourth-order valence-electron chi connectivity index (χ4n) is 11.1. The first-order valence-corrected chi connectivity index (χ1v) is 24.7. The summed E-state index contributed by atoms with van der Waals surface area (Å²) in [6.45, 7) is 6.88. The molecule has 1 saturated carbocycles. The fraction of sp³-hybridized carbons (Fsp3) is 0.317. The van der Waals surface area contributed by atoms with Gasteiger partial charge in [-0.2, -0.15) is 5.26 Å². The monoisotopic (exact) mass is 935 g/mol. The molecule has 6 aromatic carbocycles. The highest BCUT2D eigenvalue weighted by Crippen LogP contribution is 2.62. The lowest BCUT2D eigenvalue weighted by atomic mass is 9.55. The number of aliphatic hydroxyl groups excluding tert-OH is 2. The Labute approximate surface area is 411 Å². The van der Waals surface area contributed by atoms with Gasteiger partial charge in [0.25, 0.3) is 5.91 Å². The number of hydrogen-bond donors (Lipinski definition) is 2. The van der Waals surface area contributed by atoms with Crippen molar-refractivity contribution >= 4 is 22.4 Å². The number of oxime groups is 1. The predicted octanol–water partition coefficient (Wildman–Crippen LogP) is 12.2. The Bertz CT molecular complexity index is 2870. The van der Waals surface area contributed by atoms with E-state index in [9.17, 15) is 15.5 Å². The standard InChI is InChI=1S/C60H61N3O7/c1-3-35-67-60-56(63(59(66)45-25-23-41(39-61)24-26-45)40-47-20-14-19-44-17-8-9-21-50(44)47)38-54(62-68-4-2)52-36-46(18-10-12-33-64)51(22-11-13-34-65)57(58(52)60)53-37-49(31-32-55(53)70-60)69-48-29-27-43(28-30-48)42-15-6-5-7-16-42/h3,5-9,14-17,19-21,23-32,36-37,46,51,56-58,64-65H,1,4,10-13,18,22,33-35,38,40H2,2H3. The summed E-state index contributed by atoms with van der Waals surface area (Å²) in [5.74, 6) is -0.401. The molecule has 1 heterocycles. The number of nitriles is 1. The second kappa shape index (κ2) is 22.2. The van der Waals surface area contributed by atoms with Crippen molar-refractivity contribution in [2.45, 2.75) is 76.2 Å². The summed E-state index contributed by atoms with van der Waals surface area (Å²) >= 11 is 0. The molecule has 6 unspecified atom stereocenters. The summed E-state index contributed by atoms with van der Waals surface area (Å²) in [5, 5.41) is 36.8. The molecule has 0 radical (unpaired) electrons. The summed E-state index contributed by atoms with van der Waals surface area (Å²) in [5.41, 5.74) is 6.66. The first kappa shape index (κ1) is 48.0. The topological polar surface area (TPSA) is 134 Å². The normalized spacial score (nSPS) is 21.7. The van der Waals surface area contributed by atoms with E-state index in [-0.39, 0.29) is 56.4 Å². The quantitative estimate of drug-likeness (QED) is 0.0439. The zero-order valence-corrected chi connectivity index (χ0v) is 39.8. The lowest BCUT2D eigenvalue weighted by Crippen LogP contribution is -2.70. The molecule has 2 N–H and O–H groups in total. The van der Waals surface area contributed by atoms with E-state index in [0.717, 1.165) is 64.3 Å². The highest BCUT2D eigenvalue weighted by Gasteiger charge is 2.65. The van der Waals surface area contributed by atoms with Crippen LogP contribution in [-0.4, -0.2) is 65.0 Å². The van der Waals surface area contributed by atoms with Gasteiger partial charge in [0.1, 0.15) is 29.9 Å². The van der Waals surface area contributed by atoms with Crippen LogP contribution in [0.4, 0.5) is 0 Å². The highest BCUT2D eigenvalue weighted by atomic mass is 16.7. The molecule has 10 nitrogen and oxygen atoms in total. The van der Waals surface area contributed by atoms with Gasteiger partial charge < -0.3 is 34.2 Å². The number of carbonyl (C=O) groups is 1. The molecule has 358 valence electrons. The number of rotatable bonds is 20. The number of allylic oxidation sites excluding steroid dienone is 1. The number of carbonyl (C=O) groups excluding carboxylic acids is 1. The third-order valence-electron chi connectivity index (χ3n) is 14.3. The maximum atomic E-state index is 15.6. The Balaban J connectivity index is 1.24. The molecule has 1 amide bonds. The van der Waals surface area contributed by atoms with E-state index in [0.29, 0.717) is 53.5 Å². The Morgan fingerprint density at radius 2 is 1.57 bits per heavy atom. The van der Waals surface area contributed by atoms with Gasteiger partial charge in [-0.05, 0) is 132 Å². The first-order valence-electron chi connectivity index (χ1n) is 24.7. The van der Waals surface area contributed by atoms with Crippen molar-refractivity contribution in [1.29, 1.82) is 5.26 Å². The third-order valence-corrected chi connectivity index (χ3v) is 14.3. The number of aliphatic hydroxyl groups is 2. The van der Waals surface area contributed by atoms with Crippen molar-refractivity contribution in [1.82, 2.24) is 4.90 Å². The summed E-state index contributed by atoms with van der Waals surface area (Å²) in [4.78, 5) is 23.5. The van der Waals surface area contributed by atoms with Crippen LogP contribution in [0.2, 0.25) is 0 Å². The van der Waals surface area contributed by atoms with Crippen molar-refractivity contribution in [3.8, 4) is 34.4 Å². The van der Waals surface area contributed by atoms with Gasteiger partial charge in [0.05, 0.1) is 29.9 Å². The van der Waals surface area contributed by atoms with Crippen molar-refractivity contribution in [2.75, 3.05) is 26.4 Å². The van der Waals surface area contributed by atoms with E-state index >= 15 is 4.79 Å². The van der Waals surface area contributed by atoms with Crippen LogP contribution in [0.3, 0.4) is 0 Å². The van der Waals surface area contributed by atoms with E-state index in [1.54, 1.807) is 30.3 Å². The lowest BCUT2D eigenvalue weighted by Gasteiger charge is -2.60. The smallest absolute Gasteiger partial charge is 0.254 e. The average molecular weight is 936 g/mol. The van der Waals surface area contributed by atoms with E-state index < -0.39 is 17.7 Å². The molecule has 3 aliphatic rings. The van der Waals surface area contributed by atoms with Crippen molar-refractivity contribution in [3.63, 3.8) is 0 Å². The largest absolute Gasteiger partial charge is 0.459 e. The van der Waals surface area contributed by atoms with Crippen LogP contribution in [0.15, 0.2) is 169 Å². The molecule has 6 aromatic rings. The van der Waals surface area contributed by atoms with Crippen LogP contribution >= 0.6 is 0 Å². The van der Waals surface area contributed by atoms with Crippen molar-refractivity contribution in [3.05, 3.63) is 186 Å². The van der Waals surface area contributed by atoms with E-state index in [4.69, 9.17) is 24.2 Å². The second-order valence-electron chi connectivity index (χ2n) is 18.4. The number of hydrogen-bond acceptors (Lipinski definition) is 9. The third kappa shape index (κ3) is 9.88. The van der Waals surface area contributed by atoms with Crippen LogP contribution in [0.5, 0.6) is 17.2 Å². The Kier molecular flexibility index (Phi) is 15.2. The van der Waals surface area contributed by atoms with Crippen molar-refractivity contribution < 1.29 is 34.1 Å². The Morgan fingerprint density at radius 3 is 2.31 bits per heavy atom. The number of unbranched alkanes of at least 4 members (excludes halogenated alkanes) is 2. The van der Waals surface area contributed by atoms with Gasteiger partial charge in [-0.1, -0.05) is 115 Å². The summed E-state index contributed by atoms with van der Waals surface area (Å²) in [6.07, 6.45) is 8.87. The molecule has 0 bridgehead atoms. The van der Waals surface area contributed by atoms with E-state index in [2.05, 4.69) is 73.3 Å². The van der Waals surface area contributed by atoms with Crippen LogP contribution in [-0.2, 0) is 16.1 Å². The van der Waals surface area contributed by atoms with E-state index in [1.165, 1.54) is 0 Å². The van der Waals surface area contributed by atoms with Crippen LogP contribution in [0.1, 0.15) is 84.8 Å². The van der Waals surface area contributed by atoms with Gasteiger partial charge in [0.2, 0.25) is 5.79 Å². The minimum atomic E-state index is -1.48. The lowest BCUT2D eigenvalue weighted by molar-refractivity contribution is -0.255.